The molecule has 0 radical (unpaired) electrons. The van der Waals surface area contributed by atoms with Crippen LogP contribution in [-0.4, -0.2) is 46.1 Å². The molecule has 1 saturated heterocycles. The number of piperidine rings is 1. The highest BCUT2D eigenvalue weighted by Gasteiger charge is 2.30. The molecule has 204 valence electrons. The number of nitrogens with zero attached hydrogens (tertiary/aromatic N) is 4. The number of anilines is 3. The summed E-state index contributed by atoms with van der Waals surface area (Å²) in [6, 6.07) is 9.69. The van der Waals surface area contributed by atoms with Gasteiger partial charge in [0.05, 0.1) is 24.1 Å². The molecular formula is C29H32ClFN6O2. The van der Waals surface area contributed by atoms with Crippen LogP contribution in [0, 0.1) is 17.7 Å². The van der Waals surface area contributed by atoms with Crippen LogP contribution in [0.4, 0.5) is 21.6 Å². The number of hydrogen-bond donors (Lipinski definition) is 2. The van der Waals surface area contributed by atoms with Gasteiger partial charge in [0.15, 0.2) is 0 Å². The summed E-state index contributed by atoms with van der Waals surface area (Å²) in [5.74, 6) is 0.688. The number of rotatable bonds is 6. The first-order valence-electron chi connectivity index (χ1n) is 13.5. The lowest BCUT2D eigenvalue weighted by Crippen LogP contribution is -2.41. The predicted octanol–water partition coefficient (Wildman–Crippen LogP) is 4.85. The van der Waals surface area contributed by atoms with Gasteiger partial charge in [0, 0.05) is 47.8 Å². The average molecular weight is 551 g/mol. The van der Waals surface area contributed by atoms with Crippen LogP contribution in [0.25, 0.3) is 0 Å². The molecule has 2 N–H and O–H groups in total. The van der Waals surface area contributed by atoms with E-state index in [1.54, 1.807) is 46.1 Å². The second-order valence-electron chi connectivity index (χ2n) is 10.9. The summed E-state index contributed by atoms with van der Waals surface area (Å²) in [7, 11) is 1.82. The molecule has 2 fully saturated rings. The second-order valence-corrected chi connectivity index (χ2v) is 11.3. The van der Waals surface area contributed by atoms with Gasteiger partial charge in [0.2, 0.25) is 5.91 Å². The monoisotopic (exact) mass is 550 g/mol. The zero-order valence-electron chi connectivity index (χ0n) is 21.9. The molecule has 0 atom stereocenters. The van der Waals surface area contributed by atoms with Gasteiger partial charge >= 0.3 is 0 Å². The number of aryl methyl sites for hydroxylation is 1. The van der Waals surface area contributed by atoms with Crippen molar-refractivity contribution in [3.63, 3.8) is 0 Å². The Bertz CT molecular complexity index is 1410. The molecule has 0 bridgehead atoms. The Balaban J connectivity index is 1.13. The topological polar surface area (TPSA) is 82.5 Å². The zero-order valence-corrected chi connectivity index (χ0v) is 22.7. The summed E-state index contributed by atoms with van der Waals surface area (Å²) in [6.45, 7) is 3.41. The maximum atomic E-state index is 15.1. The molecular weight excluding hydrogens is 519 g/mol. The molecule has 2 aromatic carbocycles. The largest absolute Gasteiger partial charge is 0.352 e. The van der Waals surface area contributed by atoms with Crippen molar-refractivity contribution < 1.29 is 14.0 Å². The number of benzene rings is 2. The molecule has 0 spiro atoms. The predicted molar refractivity (Wildman–Crippen MR) is 149 cm³/mol. The number of likely N-dealkylation sites (tertiary alicyclic amines) is 1. The van der Waals surface area contributed by atoms with Gasteiger partial charge in [-0.25, -0.2) is 4.39 Å². The Morgan fingerprint density at radius 2 is 1.92 bits per heavy atom. The van der Waals surface area contributed by atoms with E-state index in [4.69, 9.17) is 11.6 Å². The Morgan fingerprint density at radius 3 is 2.67 bits per heavy atom. The number of halogens is 2. The molecule has 1 aliphatic carbocycles. The van der Waals surface area contributed by atoms with Gasteiger partial charge in [-0.3, -0.25) is 14.3 Å². The molecule has 0 unspecified atom stereocenters. The normalized spacial score (nSPS) is 17.7. The lowest BCUT2D eigenvalue weighted by Gasteiger charge is -2.31. The van der Waals surface area contributed by atoms with Crippen LogP contribution in [0.2, 0.25) is 5.02 Å². The first-order valence-corrected chi connectivity index (χ1v) is 13.9. The fourth-order valence-electron chi connectivity index (χ4n) is 5.52. The Morgan fingerprint density at radius 1 is 1.13 bits per heavy atom. The van der Waals surface area contributed by atoms with Crippen LogP contribution in [-0.2, 0) is 24.9 Å². The van der Waals surface area contributed by atoms with E-state index in [9.17, 15) is 9.59 Å². The summed E-state index contributed by atoms with van der Waals surface area (Å²) < 4.78 is 16.9. The Hall–Kier alpha value is -3.43. The fourth-order valence-corrected chi connectivity index (χ4v) is 5.69. The molecule has 10 heteroatoms. The smallest absolute Gasteiger partial charge is 0.258 e. The number of nitrogens with one attached hydrogen (secondary N) is 2. The van der Waals surface area contributed by atoms with Gasteiger partial charge in [-0.15, -0.1) is 0 Å². The highest BCUT2D eigenvalue weighted by atomic mass is 35.5. The quantitative estimate of drug-likeness (QED) is 0.458. The lowest BCUT2D eigenvalue weighted by molar-refractivity contribution is -0.126. The average Bonchev–Trinajstić information content (AvgIpc) is 3.71. The highest BCUT2D eigenvalue weighted by Crippen LogP contribution is 2.38. The maximum absolute atomic E-state index is 15.1. The standard InChI is InChI=1S/C29H32ClFN6O2/c1-35-27-22(15-33-35)17-37(26-7-6-23(30)13-25(26)34-27)29(39)20-4-5-21(24(31)12-20)14-32-28(38)19-8-10-36(11-9-19)16-18-2-3-18/h4-7,12-13,15,18-19,34H,2-3,8-11,14,16-17H2,1H3,(H,32,38). The van der Waals surface area contributed by atoms with Crippen molar-refractivity contribution >= 4 is 40.6 Å². The van der Waals surface area contributed by atoms with Gasteiger partial charge in [0.25, 0.3) is 5.91 Å². The maximum Gasteiger partial charge on any atom is 0.258 e. The van der Waals surface area contributed by atoms with Crippen molar-refractivity contribution in [1.29, 1.82) is 0 Å². The number of hydrogen-bond acceptors (Lipinski definition) is 5. The molecule has 3 heterocycles. The third kappa shape index (κ3) is 5.51. The van der Waals surface area contributed by atoms with Crippen LogP contribution in [0.15, 0.2) is 42.6 Å². The summed E-state index contributed by atoms with van der Waals surface area (Å²) in [4.78, 5) is 30.4. The molecule has 1 aromatic heterocycles. The SMILES string of the molecule is Cn1ncc2c1Nc1cc(Cl)ccc1N(C(=O)c1ccc(CNC(=O)C3CCN(CC4CC4)CC3)c(F)c1)C2. The van der Waals surface area contributed by atoms with E-state index >= 15 is 4.39 Å². The molecule has 8 nitrogen and oxygen atoms in total. The van der Waals surface area contributed by atoms with Gasteiger partial charge < -0.3 is 20.4 Å². The van der Waals surface area contributed by atoms with Crippen LogP contribution >= 0.6 is 11.6 Å². The molecule has 1 saturated carbocycles. The van der Waals surface area contributed by atoms with E-state index in [1.807, 2.05) is 7.05 Å². The van der Waals surface area contributed by atoms with E-state index in [-0.39, 0.29) is 36.4 Å². The third-order valence-electron chi connectivity index (χ3n) is 8.02. The number of fused-ring (bicyclic) bond motifs is 2. The van der Waals surface area contributed by atoms with Crippen LogP contribution in [0.1, 0.15) is 47.2 Å². The van der Waals surface area contributed by atoms with E-state index < -0.39 is 5.82 Å². The van der Waals surface area contributed by atoms with Gasteiger partial charge in [-0.05, 0) is 75.0 Å². The number of carbonyl (C=O) groups is 2. The van der Waals surface area contributed by atoms with E-state index in [2.05, 4.69) is 20.6 Å². The van der Waals surface area contributed by atoms with Crippen molar-refractivity contribution in [3.05, 3.63) is 70.1 Å². The first kappa shape index (κ1) is 25.8. The Kier molecular flexibility index (Phi) is 7.03. The molecule has 6 rings (SSSR count). The second kappa shape index (κ2) is 10.6. The van der Waals surface area contributed by atoms with Crippen molar-refractivity contribution in [3.8, 4) is 0 Å². The van der Waals surface area contributed by atoms with Gasteiger partial charge in [0.1, 0.15) is 11.6 Å². The van der Waals surface area contributed by atoms with Crippen LogP contribution < -0.4 is 15.5 Å². The Labute approximate surface area is 232 Å². The zero-order chi connectivity index (χ0) is 27.1. The minimum absolute atomic E-state index is 0.0276. The number of carbonyl (C=O) groups excluding carboxylic acids is 2. The summed E-state index contributed by atoms with van der Waals surface area (Å²) >= 11 is 6.23. The number of aromatic nitrogens is 2. The van der Waals surface area contributed by atoms with Crippen LogP contribution in [0.3, 0.4) is 0 Å². The molecule has 2 aliphatic heterocycles. The minimum atomic E-state index is -0.522. The third-order valence-corrected chi connectivity index (χ3v) is 8.25. The highest BCUT2D eigenvalue weighted by molar-refractivity contribution is 6.31. The summed E-state index contributed by atoms with van der Waals surface area (Å²) in [6.07, 6.45) is 6.05. The fraction of sp³-hybridized carbons (Fsp3) is 0.414. The summed E-state index contributed by atoms with van der Waals surface area (Å²) in [5.41, 5.74) is 2.71. The number of amides is 2. The van der Waals surface area contributed by atoms with E-state index in [0.717, 1.165) is 49.8 Å². The van der Waals surface area contributed by atoms with E-state index in [1.165, 1.54) is 18.9 Å². The molecule has 39 heavy (non-hydrogen) atoms. The molecule has 3 aromatic rings. The molecule has 2 amide bonds. The molecule has 3 aliphatic rings. The van der Waals surface area contributed by atoms with Crippen molar-refractivity contribution in [1.82, 2.24) is 20.0 Å². The van der Waals surface area contributed by atoms with Crippen LogP contribution in [0.5, 0.6) is 0 Å². The van der Waals surface area contributed by atoms with Gasteiger partial charge in [-0.1, -0.05) is 17.7 Å². The van der Waals surface area contributed by atoms with Gasteiger partial charge in [-0.2, -0.15) is 5.10 Å². The summed E-state index contributed by atoms with van der Waals surface area (Å²) in [5, 5.41) is 11.1. The van der Waals surface area contributed by atoms with Crippen molar-refractivity contribution in [2.75, 3.05) is 29.9 Å². The van der Waals surface area contributed by atoms with Crippen molar-refractivity contribution in [2.24, 2.45) is 18.9 Å². The minimum Gasteiger partial charge on any atom is -0.352 e. The lowest BCUT2D eigenvalue weighted by atomic mass is 9.95. The van der Waals surface area contributed by atoms with E-state index in [0.29, 0.717) is 22.0 Å². The van der Waals surface area contributed by atoms with Crippen molar-refractivity contribution in [2.45, 2.75) is 38.8 Å². The first-order chi connectivity index (χ1) is 18.9.